The smallest absolute Gasteiger partial charge is 0.141 e. The van der Waals surface area contributed by atoms with Crippen molar-refractivity contribution in [2.75, 3.05) is 13.2 Å². The SMILES string of the molecule is Cc1cc(F)cnc1-c1ccc(-c2c[nH]c3ncc(-c4ccc5c(c4)CC[C@@H](N4C6COCC4C6)CC5)cc23)cc1. The van der Waals surface area contributed by atoms with E-state index in [-0.39, 0.29) is 5.82 Å². The number of H-pyrrole nitrogens is 1. The summed E-state index contributed by atoms with van der Waals surface area (Å²) in [5.74, 6) is -0.312. The number of aryl methyl sites for hydroxylation is 3. The second-order valence-corrected chi connectivity index (χ2v) is 12.0. The molecule has 3 aliphatic rings. The Balaban J connectivity index is 1.06. The highest BCUT2D eigenvalue weighted by Crippen LogP contribution is 2.38. The van der Waals surface area contributed by atoms with Crippen LogP contribution < -0.4 is 0 Å². The molecule has 0 saturated carbocycles. The molecule has 206 valence electrons. The van der Waals surface area contributed by atoms with Gasteiger partial charge in [-0.25, -0.2) is 9.37 Å². The van der Waals surface area contributed by atoms with E-state index < -0.39 is 0 Å². The molecule has 2 bridgehead atoms. The topological polar surface area (TPSA) is 54.0 Å². The zero-order chi connectivity index (χ0) is 27.5. The fraction of sp³-hybridized carbons (Fsp3) is 0.314. The molecule has 2 fully saturated rings. The first-order valence-electron chi connectivity index (χ1n) is 14.8. The first kappa shape index (κ1) is 24.9. The van der Waals surface area contributed by atoms with Crippen LogP contribution in [-0.4, -0.2) is 51.2 Å². The van der Waals surface area contributed by atoms with Crippen molar-refractivity contribution in [3.63, 3.8) is 0 Å². The molecule has 3 atom stereocenters. The first-order valence-corrected chi connectivity index (χ1v) is 14.8. The van der Waals surface area contributed by atoms with Crippen LogP contribution in [0.1, 0.15) is 36.0 Å². The van der Waals surface area contributed by atoms with Crippen molar-refractivity contribution in [3.8, 4) is 33.5 Å². The molecule has 2 aliphatic heterocycles. The number of ether oxygens (including phenoxy) is 1. The van der Waals surface area contributed by atoms with Gasteiger partial charge in [0.25, 0.3) is 0 Å². The van der Waals surface area contributed by atoms with E-state index in [1.165, 1.54) is 48.2 Å². The Hall–Kier alpha value is -3.87. The minimum Gasteiger partial charge on any atom is -0.378 e. The molecule has 1 aliphatic carbocycles. The van der Waals surface area contributed by atoms with Crippen molar-refractivity contribution in [3.05, 3.63) is 95.7 Å². The predicted molar refractivity (Wildman–Crippen MR) is 160 cm³/mol. The fourth-order valence-corrected chi connectivity index (χ4v) is 7.38. The van der Waals surface area contributed by atoms with Gasteiger partial charge in [-0.15, -0.1) is 0 Å². The molecule has 2 unspecified atom stereocenters. The van der Waals surface area contributed by atoms with Crippen LogP contribution in [0.2, 0.25) is 0 Å². The summed E-state index contributed by atoms with van der Waals surface area (Å²) < 4.78 is 19.3. The molecular weight excluding hydrogens is 511 g/mol. The van der Waals surface area contributed by atoms with Crippen molar-refractivity contribution in [1.82, 2.24) is 19.9 Å². The molecule has 5 aromatic rings. The third-order valence-corrected chi connectivity index (χ3v) is 9.51. The quantitative estimate of drug-likeness (QED) is 0.245. The van der Waals surface area contributed by atoms with Crippen molar-refractivity contribution in [2.45, 2.75) is 57.2 Å². The first-order chi connectivity index (χ1) is 20.1. The third-order valence-electron chi connectivity index (χ3n) is 9.51. The highest BCUT2D eigenvalue weighted by Gasteiger charge is 2.45. The van der Waals surface area contributed by atoms with Gasteiger partial charge in [0.1, 0.15) is 11.5 Å². The van der Waals surface area contributed by atoms with E-state index in [0.29, 0.717) is 18.1 Å². The highest BCUT2D eigenvalue weighted by atomic mass is 19.1. The van der Waals surface area contributed by atoms with Gasteiger partial charge in [-0.1, -0.05) is 42.5 Å². The lowest BCUT2D eigenvalue weighted by molar-refractivity contribution is -0.148. The Morgan fingerprint density at radius 3 is 2.34 bits per heavy atom. The number of morpholine rings is 1. The van der Waals surface area contributed by atoms with Gasteiger partial charge >= 0.3 is 0 Å². The molecule has 6 heteroatoms. The number of aromatic nitrogens is 3. The second-order valence-electron chi connectivity index (χ2n) is 12.0. The standard InChI is InChI=1S/C35H33FN4O/c1-21-12-28(36)17-37-34(21)24-5-3-23(4-6-24)33-18-39-35-32(33)14-27(16-38-35)26-7-2-22-8-10-29(11-9-25(22)13-26)40-30-15-31(40)20-41-19-30/h2-7,12-14,16-18,29-31H,8-11,15,19-20H2,1H3,(H,38,39)/t29-,30?,31?/m0/s1. The maximum Gasteiger partial charge on any atom is 0.141 e. The zero-order valence-electron chi connectivity index (χ0n) is 23.2. The summed E-state index contributed by atoms with van der Waals surface area (Å²) in [6.45, 7) is 3.71. The number of rotatable bonds is 4. The van der Waals surface area contributed by atoms with E-state index in [1.807, 2.05) is 19.3 Å². The molecule has 0 spiro atoms. The molecule has 3 aromatic heterocycles. The number of nitrogens with zero attached hydrogens (tertiary/aromatic N) is 3. The molecule has 8 rings (SSSR count). The van der Waals surface area contributed by atoms with Crippen LogP contribution in [0, 0.1) is 12.7 Å². The van der Waals surface area contributed by atoms with Crippen LogP contribution >= 0.6 is 0 Å². The lowest BCUT2D eigenvalue weighted by Crippen LogP contribution is -2.66. The Labute approximate surface area is 239 Å². The van der Waals surface area contributed by atoms with Crippen LogP contribution in [0.5, 0.6) is 0 Å². The van der Waals surface area contributed by atoms with Crippen molar-refractivity contribution in [2.24, 2.45) is 0 Å². The summed E-state index contributed by atoms with van der Waals surface area (Å²) in [5.41, 5.74) is 11.1. The Morgan fingerprint density at radius 1 is 0.805 bits per heavy atom. The van der Waals surface area contributed by atoms with Gasteiger partial charge in [0.15, 0.2) is 0 Å². The van der Waals surface area contributed by atoms with Crippen LogP contribution in [0.3, 0.4) is 0 Å². The molecule has 5 heterocycles. The van der Waals surface area contributed by atoms with Crippen LogP contribution in [-0.2, 0) is 17.6 Å². The van der Waals surface area contributed by atoms with E-state index in [2.05, 4.69) is 63.4 Å². The maximum absolute atomic E-state index is 13.5. The Morgan fingerprint density at radius 2 is 1.56 bits per heavy atom. The Bertz CT molecular complexity index is 1750. The maximum atomic E-state index is 13.5. The molecule has 2 saturated heterocycles. The van der Waals surface area contributed by atoms with Crippen molar-refractivity contribution >= 4 is 11.0 Å². The summed E-state index contributed by atoms with van der Waals surface area (Å²) in [7, 11) is 0. The van der Waals surface area contributed by atoms with Crippen molar-refractivity contribution < 1.29 is 9.13 Å². The van der Waals surface area contributed by atoms with Gasteiger partial charge < -0.3 is 9.72 Å². The molecule has 0 amide bonds. The predicted octanol–water partition coefficient (Wildman–Crippen LogP) is 7.13. The van der Waals surface area contributed by atoms with Gasteiger partial charge in [-0.3, -0.25) is 9.88 Å². The van der Waals surface area contributed by atoms with Crippen LogP contribution in [0.25, 0.3) is 44.5 Å². The van der Waals surface area contributed by atoms with Gasteiger partial charge in [0.2, 0.25) is 0 Å². The van der Waals surface area contributed by atoms with E-state index in [0.717, 1.165) is 70.6 Å². The summed E-state index contributed by atoms with van der Waals surface area (Å²) in [4.78, 5) is 15.2. The fourth-order valence-electron chi connectivity index (χ4n) is 7.38. The van der Waals surface area contributed by atoms with E-state index in [1.54, 1.807) is 0 Å². The number of nitrogens with one attached hydrogen (secondary N) is 1. The monoisotopic (exact) mass is 544 g/mol. The zero-order valence-corrected chi connectivity index (χ0v) is 23.2. The molecular formula is C35H33FN4O. The third kappa shape index (κ3) is 4.37. The highest BCUT2D eigenvalue weighted by molar-refractivity contribution is 5.96. The van der Waals surface area contributed by atoms with Crippen molar-refractivity contribution in [1.29, 1.82) is 0 Å². The number of fused-ring (bicyclic) bond motifs is 4. The number of halogens is 1. The number of hydrogen-bond donors (Lipinski definition) is 1. The molecule has 0 radical (unpaired) electrons. The van der Waals surface area contributed by atoms with E-state index >= 15 is 0 Å². The lowest BCUT2D eigenvalue weighted by atomic mass is 9.87. The Kier molecular flexibility index (Phi) is 6.01. The molecule has 41 heavy (non-hydrogen) atoms. The lowest BCUT2D eigenvalue weighted by Gasteiger charge is -2.56. The minimum absolute atomic E-state index is 0.312. The number of hydrogen-bond acceptors (Lipinski definition) is 4. The normalized spacial score (nSPS) is 22.2. The number of benzene rings is 2. The van der Waals surface area contributed by atoms with E-state index in [9.17, 15) is 4.39 Å². The van der Waals surface area contributed by atoms with Gasteiger partial charge in [-0.05, 0) is 79.0 Å². The van der Waals surface area contributed by atoms with Gasteiger partial charge in [-0.2, -0.15) is 0 Å². The van der Waals surface area contributed by atoms with Crippen LogP contribution in [0.4, 0.5) is 4.39 Å². The number of aromatic amines is 1. The summed E-state index contributed by atoms with van der Waals surface area (Å²) in [6, 6.07) is 21.1. The van der Waals surface area contributed by atoms with Crippen LogP contribution in [0.15, 0.2) is 73.2 Å². The second kappa shape index (κ2) is 9.89. The van der Waals surface area contributed by atoms with Gasteiger partial charge in [0, 0.05) is 52.6 Å². The average Bonchev–Trinajstić information content (AvgIpc) is 3.31. The molecule has 2 aromatic carbocycles. The molecule has 5 nitrogen and oxygen atoms in total. The largest absolute Gasteiger partial charge is 0.378 e. The van der Waals surface area contributed by atoms with E-state index in [4.69, 9.17) is 9.72 Å². The van der Waals surface area contributed by atoms with Gasteiger partial charge in [0.05, 0.1) is 25.1 Å². The average molecular weight is 545 g/mol. The molecule has 1 N–H and O–H groups in total. The summed E-state index contributed by atoms with van der Waals surface area (Å²) in [5, 5.41) is 1.10. The minimum atomic E-state index is -0.312. The summed E-state index contributed by atoms with van der Waals surface area (Å²) in [6.07, 6.45) is 11.4. The number of pyridine rings is 2. The summed E-state index contributed by atoms with van der Waals surface area (Å²) >= 11 is 0.